The van der Waals surface area contributed by atoms with Crippen LogP contribution in [0, 0.1) is 11.6 Å². The molecule has 1 N–H and O–H groups in total. The molecule has 0 amide bonds. The monoisotopic (exact) mass is 313 g/mol. The largest absolute Gasteiger partial charge is 0.494 e. The molecule has 1 saturated heterocycles. The fourth-order valence-corrected chi connectivity index (χ4v) is 1.75. The van der Waals surface area contributed by atoms with E-state index in [9.17, 15) is 18.4 Å². The summed E-state index contributed by atoms with van der Waals surface area (Å²) in [5.41, 5.74) is -1.08. The van der Waals surface area contributed by atoms with Gasteiger partial charge in [0.25, 0.3) is 5.79 Å². The average Bonchev–Trinajstić information content (AvgIpc) is 2.40. The molecule has 0 spiro atoms. The second-order valence-corrected chi connectivity index (χ2v) is 4.82. The summed E-state index contributed by atoms with van der Waals surface area (Å²) in [4.78, 5) is 23.4. The number of nitrogens with one attached hydrogen (secondary N) is 1. The molecule has 0 aliphatic carbocycles. The minimum Gasteiger partial charge on any atom is -0.494 e. The molecule has 1 aliphatic rings. The maximum absolute atomic E-state index is 13.9. The van der Waals surface area contributed by atoms with E-state index in [1.54, 1.807) is 0 Å². The number of rotatable bonds is 3. The van der Waals surface area contributed by atoms with Crippen LogP contribution in [0.15, 0.2) is 23.9 Å². The molecule has 6 nitrogen and oxygen atoms in total. The van der Waals surface area contributed by atoms with Crippen molar-refractivity contribution in [1.82, 2.24) is 0 Å². The van der Waals surface area contributed by atoms with E-state index in [0.29, 0.717) is 0 Å². The normalized spacial score (nSPS) is 16.7. The first kappa shape index (κ1) is 15.7. The highest BCUT2D eigenvalue weighted by atomic mass is 19.1. The Kier molecular flexibility index (Phi) is 4.03. The lowest BCUT2D eigenvalue weighted by atomic mass is 10.2. The van der Waals surface area contributed by atoms with Crippen LogP contribution in [0.4, 0.5) is 14.5 Å². The summed E-state index contributed by atoms with van der Waals surface area (Å²) in [6.07, 6.45) is 0.820. The summed E-state index contributed by atoms with van der Waals surface area (Å²) < 4.78 is 41.9. The van der Waals surface area contributed by atoms with Gasteiger partial charge in [-0.05, 0) is 12.1 Å². The van der Waals surface area contributed by atoms with E-state index >= 15 is 0 Å². The fourth-order valence-electron chi connectivity index (χ4n) is 1.75. The van der Waals surface area contributed by atoms with Crippen molar-refractivity contribution in [3.05, 3.63) is 35.5 Å². The first-order chi connectivity index (χ1) is 10.2. The van der Waals surface area contributed by atoms with Gasteiger partial charge in [-0.25, -0.2) is 18.4 Å². The summed E-state index contributed by atoms with van der Waals surface area (Å²) in [7, 11) is 1.22. The van der Waals surface area contributed by atoms with Gasteiger partial charge in [-0.2, -0.15) is 0 Å². The number of carbonyl (C=O) groups excluding carboxylic acids is 2. The number of methoxy groups -OCH3 is 1. The molecule has 1 fully saturated rings. The zero-order valence-electron chi connectivity index (χ0n) is 12.0. The molecular weight excluding hydrogens is 300 g/mol. The van der Waals surface area contributed by atoms with Gasteiger partial charge in [-0.3, -0.25) is 0 Å². The molecule has 1 aromatic carbocycles. The SMILES string of the molecule is COc1ccc(F)c(NC=C2C(=O)OC(C)(C)OC2=O)c1F. The maximum atomic E-state index is 13.9. The van der Waals surface area contributed by atoms with Crippen LogP contribution >= 0.6 is 0 Å². The smallest absolute Gasteiger partial charge is 0.350 e. The van der Waals surface area contributed by atoms with Gasteiger partial charge in [-0.1, -0.05) is 0 Å². The van der Waals surface area contributed by atoms with Crippen LogP contribution in [-0.2, 0) is 19.1 Å². The second-order valence-electron chi connectivity index (χ2n) is 4.82. The summed E-state index contributed by atoms with van der Waals surface area (Å²) >= 11 is 0. The van der Waals surface area contributed by atoms with Gasteiger partial charge in [-0.15, -0.1) is 0 Å². The van der Waals surface area contributed by atoms with E-state index in [-0.39, 0.29) is 5.75 Å². The Bertz CT molecular complexity index is 647. The minimum absolute atomic E-state index is 0.197. The summed E-state index contributed by atoms with van der Waals surface area (Å²) in [5.74, 6) is -5.43. The lowest BCUT2D eigenvalue weighted by Crippen LogP contribution is -2.42. The van der Waals surface area contributed by atoms with Gasteiger partial charge < -0.3 is 19.5 Å². The van der Waals surface area contributed by atoms with E-state index < -0.39 is 40.6 Å². The third kappa shape index (κ3) is 3.00. The van der Waals surface area contributed by atoms with Crippen molar-refractivity contribution in [1.29, 1.82) is 0 Å². The second kappa shape index (κ2) is 5.63. The Hall–Kier alpha value is -2.64. The average molecular weight is 313 g/mol. The molecule has 8 heteroatoms. The minimum atomic E-state index is -1.39. The molecule has 1 aromatic rings. The van der Waals surface area contributed by atoms with Crippen LogP contribution in [0.2, 0.25) is 0 Å². The van der Waals surface area contributed by atoms with E-state index in [4.69, 9.17) is 14.2 Å². The number of anilines is 1. The zero-order valence-corrected chi connectivity index (χ0v) is 12.0. The van der Waals surface area contributed by atoms with Crippen LogP contribution in [0.1, 0.15) is 13.8 Å². The molecule has 0 saturated carbocycles. The van der Waals surface area contributed by atoms with Gasteiger partial charge in [0.2, 0.25) is 0 Å². The number of ether oxygens (including phenoxy) is 3. The van der Waals surface area contributed by atoms with Crippen LogP contribution in [0.5, 0.6) is 5.75 Å². The molecule has 2 rings (SSSR count). The third-order valence-electron chi connectivity index (χ3n) is 2.75. The first-order valence-electron chi connectivity index (χ1n) is 6.20. The topological polar surface area (TPSA) is 73.9 Å². The van der Waals surface area contributed by atoms with E-state index in [1.165, 1.54) is 21.0 Å². The van der Waals surface area contributed by atoms with Crippen molar-refractivity contribution in [2.45, 2.75) is 19.6 Å². The van der Waals surface area contributed by atoms with Crippen molar-refractivity contribution in [2.24, 2.45) is 0 Å². The van der Waals surface area contributed by atoms with E-state index in [0.717, 1.165) is 18.3 Å². The molecule has 0 bridgehead atoms. The zero-order chi connectivity index (χ0) is 16.5. The first-order valence-corrected chi connectivity index (χ1v) is 6.20. The number of carbonyl (C=O) groups is 2. The van der Waals surface area contributed by atoms with Crippen molar-refractivity contribution >= 4 is 17.6 Å². The molecule has 0 unspecified atom stereocenters. The quantitative estimate of drug-likeness (QED) is 0.523. The number of hydrogen-bond donors (Lipinski definition) is 1. The lowest BCUT2D eigenvalue weighted by molar-refractivity contribution is -0.222. The van der Waals surface area contributed by atoms with Gasteiger partial charge in [0.15, 0.2) is 17.1 Å². The molecule has 118 valence electrons. The molecule has 0 radical (unpaired) electrons. The number of esters is 2. The molecule has 0 atom stereocenters. The highest BCUT2D eigenvalue weighted by molar-refractivity contribution is 6.15. The Labute approximate surface area is 124 Å². The van der Waals surface area contributed by atoms with Crippen LogP contribution in [0.3, 0.4) is 0 Å². The highest BCUT2D eigenvalue weighted by Crippen LogP contribution is 2.28. The molecule has 0 aromatic heterocycles. The number of benzene rings is 1. The Morgan fingerprint density at radius 3 is 2.32 bits per heavy atom. The van der Waals surface area contributed by atoms with Crippen LogP contribution in [0.25, 0.3) is 0 Å². The molecule has 1 heterocycles. The molecule has 22 heavy (non-hydrogen) atoms. The molecule has 1 aliphatic heterocycles. The summed E-state index contributed by atoms with van der Waals surface area (Å²) in [6, 6.07) is 2.08. The fraction of sp³-hybridized carbons (Fsp3) is 0.286. The van der Waals surface area contributed by atoms with Crippen LogP contribution in [-0.4, -0.2) is 24.8 Å². The van der Waals surface area contributed by atoms with Crippen molar-refractivity contribution in [2.75, 3.05) is 12.4 Å². The number of hydrogen-bond acceptors (Lipinski definition) is 6. The Morgan fingerprint density at radius 2 is 1.77 bits per heavy atom. The Morgan fingerprint density at radius 1 is 1.18 bits per heavy atom. The van der Waals surface area contributed by atoms with Gasteiger partial charge >= 0.3 is 11.9 Å². The van der Waals surface area contributed by atoms with Gasteiger partial charge in [0.1, 0.15) is 11.5 Å². The third-order valence-corrected chi connectivity index (χ3v) is 2.75. The predicted octanol–water partition coefficient (Wildman–Crippen LogP) is 2.11. The maximum Gasteiger partial charge on any atom is 0.350 e. The van der Waals surface area contributed by atoms with Crippen molar-refractivity contribution in [3.8, 4) is 5.75 Å². The Balaban J connectivity index is 2.29. The summed E-state index contributed by atoms with van der Waals surface area (Å²) in [5, 5.41) is 2.22. The summed E-state index contributed by atoms with van der Waals surface area (Å²) in [6.45, 7) is 2.77. The van der Waals surface area contributed by atoms with Crippen molar-refractivity contribution < 1.29 is 32.6 Å². The number of halogens is 2. The molecular formula is C14H13F2NO5. The van der Waals surface area contributed by atoms with E-state index in [1.807, 2.05) is 0 Å². The van der Waals surface area contributed by atoms with Gasteiger partial charge in [0.05, 0.1) is 7.11 Å². The van der Waals surface area contributed by atoms with Gasteiger partial charge in [0, 0.05) is 20.0 Å². The highest BCUT2D eigenvalue weighted by Gasteiger charge is 2.39. The number of cyclic esters (lactones) is 2. The predicted molar refractivity (Wildman–Crippen MR) is 70.9 cm³/mol. The van der Waals surface area contributed by atoms with Crippen molar-refractivity contribution in [3.63, 3.8) is 0 Å². The standard InChI is InChI=1S/C14H13F2NO5/c1-14(2)21-12(18)7(13(19)22-14)6-17-11-8(15)4-5-9(20-3)10(11)16/h4-6,17H,1-3H3. The van der Waals surface area contributed by atoms with E-state index in [2.05, 4.69) is 5.32 Å². The lowest BCUT2D eigenvalue weighted by Gasteiger charge is -2.29. The van der Waals surface area contributed by atoms with Crippen LogP contribution < -0.4 is 10.1 Å².